The average Bonchev–Trinajstić information content (AvgIpc) is 3.22. The van der Waals surface area contributed by atoms with Gasteiger partial charge in [-0.1, -0.05) is 13.0 Å². The first-order valence-corrected chi connectivity index (χ1v) is 9.72. The summed E-state index contributed by atoms with van der Waals surface area (Å²) in [5.41, 5.74) is 3.40. The number of nitrogens with zero attached hydrogens (tertiary/aromatic N) is 5. The highest BCUT2D eigenvalue weighted by Crippen LogP contribution is 2.29. The minimum atomic E-state index is 0. The summed E-state index contributed by atoms with van der Waals surface area (Å²) in [7, 11) is 1.70. The lowest BCUT2D eigenvalue weighted by Gasteiger charge is -2.34. The van der Waals surface area contributed by atoms with Gasteiger partial charge < -0.3 is 14.6 Å². The molecule has 4 rings (SSSR count). The first kappa shape index (κ1) is 23.9. The molecule has 7 nitrogen and oxygen atoms in total. The second-order valence-electron chi connectivity index (χ2n) is 6.96. The molecule has 1 aromatic carbocycles. The van der Waals surface area contributed by atoms with Gasteiger partial charge in [-0.05, 0) is 30.2 Å². The van der Waals surface area contributed by atoms with Crippen LogP contribution in [0.4, 0.5) is 5.95 Å². The van der Waals surface area contributed by atoms with Crippen LogP contribution in [-0.4, -0.2) is 58.1 Å². The summed E-state index contributed by atoms with van der Waals surface area (Å²) in [6, 6.07) is 8.12. The van der Waals surface area contributed by atoms with E-state index in [-0.39, 0.29) is 24.8 Å². The minimum absolute atomic E-state index is 0. The first-order chi connectivity index (χ1) is 13.8. The van der Waals surface area contributed by atoms with E-state index < -0.39 is 0 Å². The van der Waals surface area contributed by atoms with E-state index in [1.54, 1.807) is 19.5 Å². The predicted molar refractivity (Wildman–Crippen MR) is 124 cm³/mol. The highest BCUT2D eigenvalue weighted by atomic mass is 35.5. The summed E-state index contributed by atoms with van der Waals surface area (Å²) in [5.74, 6) is 2.52. The van der Waals surface area contributed by atoms with Gasteiger partial charge in [0, 0.05) is 57.0 Å². The topological polar surface area (TPSA) is 70.2 Å². The van der Waals surface area contributed by atoms with Gasteiger partial charge in [-0.25, -0.2) is 15.0 Å². The van der Waals surface area contributed by atoms with Gasteiger partial charge in [-0.2, -0.15) is 0 Å². The molecular formula is C21H28Cl2N6O. The zero-order valence-corrected chi connectivity index (χ0v) is 18.9. The monoisotopic (exact) mass is 450 g/mol. The Morgan fingerprint density at radius 2 is 1.77 bits per heavy atom. The molecule has 0 amide bonds. The molecular weight excluding hydrogens is 423 g/mol. The molecule has 0 atom stereocenters. The highest BCUT2D eigenvalue weighted by molar-refractivity contribution is 5.85. The van der Waals surface area contributed by atoms with Crippen molar-refractivity contribution in [1.82, 2.24) is 24.8 Å². The number of benzene rings is 1. The smallest absolute Gasteiger partial charge is 0.225 e. The number of aromatic amines is 1. The zero-order valence-electron chi connectivity index (χ0n) is 17.2. The molecule has 1 saturated heterocycles. The van der Waals surface area contributed by atoms with Gasteiger partial charge in [0.05, 0.1) is 12.7 Å². The van der Waals surface area contributed by atoms with E-state index in [1.807, 2.05) is 18.3 Å². The van der Waals surface area contributed by atoms with Crippen molar-refractivity contribution in [3.05, 3.63) is 54.1 Å². The van der Waals surface area contributed by atoms with Crippen LogP contribution in [0.1, 0.15) is 18.2 Å². The van der Waals surface area contributed by atoms with Gasteiger partial charge in [-0.15, -0.1) is 24.8 Å². The number of hydrogen-bond donors (Lipinski definition) is 1. The molecule has 2 aromatic heterocycles. The maximum Gasteiger partial charge on any atom is 0.225 e. The largest absolute Gasteiger partial charge is 0.496 e. The number of nitrogens with one attached hydrogen (secondary N) is 1. The molecule has 0 aliphatic carbocycles. The van der Waals surface area contributed by atoms with Crippen LogP contribution < -0.4 is 9.64 Å². The van der Waals surface area contributed by atoms with Gasteiger partial charge >= 0.3 is 0 Å². The van der Waals surface area contributed by atoms with Crippen molar-refractivity contribution in [3.8, 4) is 17.1 Å². The Balaban J connectivity index is 0.00000160. The van der Waals surface area contributed by atoms with E-state index in [9.17, 15) is 0 Å². The van der Waals surface area contributed by atoms with Crippen molar-refractivity contribution in [2.24, 2.45) is 0 Å². The molecule has 9 heteroatoms. The molecule has 0 radical (unpaired) electrons. The number of aromatic nitrogens is 4. The van der Waals surface area contributed by atoms with Gasteiger partial charge in [0.25, 0.3) is 0 Å². The molecule has 30 heavy (non-hydrogen) atoms. The molecule has 0 spiro atoms. The van der Waals surface area contributed by atoms with E-state index in [1.165, 1.54) is 5.56 Å². The molecule has 162 valence electrons. The Labute approximate surface area is 189 Å². The number of piperazine rings is 1. The van der Waals surface area contributed by atoms with E-state index in [4.69, 9.17) is 4.74 Å². The summed E-state index contributed by atoms with van der Waals surface area (Å²) in [6.07, 6.45) is 6.51. The molecule has 0 unspecified atom stereocenters. The zero-order chi connectivity index (χ0) is 19.3. The lowest BCUT2D eigenvalue weighted by Crippen LogP contribution is -2.46. The number of imidazole rings is 1. The highest BCUT2D eigenvalue weighted by Gasteiger charge is 2.19. The fraction of sp³-hybridized carbons (Fsp3) is 0.381. The van der Waals surface area contributed by atoms with Gasteiger partial charge in [-0.3, -0.25) is 4.90 Å². The summed E-state index contributed by atoms with van der Waals surface area (Å²) in [5, 5.41) is 0. The third-order valence-corrected chi connectivity index (χ3v) is 5.16. The van der Waals surface area contributed by atoms with Crippen LogP contribution in [0.3, 0.4) is 0 Å². The number of aryl methyl sites for hydroxylation is 1. The maximum absolute atomic E-state index is 5.52. The first-order valence-electron chi connectivity index (χ1n) is 9.72. The van der Waals surface area contributed by atoms with Crippen LogP contribution in [-0.2, 0) is 13.0 Å². The van der Waals surface area contributed by atoms with Crippen LogP contribution in [0.5, 0.6) is 5.75 Å². The van der Waals surface area contributed by atoms with Gasteiger partial charge in [0.15, 0.2) is 0 Å². The Morgan fingerprint density at radius 3 is 2.43 bits per heavy atom. The number of rotatable bonds is 6. The lowest BCUT2D eigenvalue weighted by molar-refractivity contribution is 0.246. The predicted octanol–water partition coefficient (Wildman–Crippen LogP) is 3.60. The molecule has 1 aliphatic rings. The SMILES string of the molecule is CCc1ccc(OC)c(-c2ncc(CN3CCN(c4ncccn4)CC3)[nH]2)c1.Cl.Cl. The van der Waals surface area contributed by atoms with E-state index in [0.29, 0.717) is 0 Å². The summed E-state index contributed by atoms with van der Waals surface area (Å²) >= 11 is 0. The quantitative estimate of drug-likeness (QED) is 0.618. The van der Waals surface area contributed by atoms with Crippen LogP contribution in [0.2, 0.25) is 0 Å². The average molecular weight is 451 g/mol. The Hall–Kier alpha value is -2.35. The Kier molecular flexibility index (Phi) is 8.89. The maximum atomic E-state index is 5.52. The van der Waals surface area contributed by atoms with Crippen molar-refractivity contribution >= 4 is 30.8 Å². The number of hydrogen-bond acceptors (Lipinski definition) is 6. The number of ether oxygens (including phenoxy) is 1. The fourth-order valence-corrected chi connectivity index (χ4v) is 3.54. The summed E-state index contributed by atoms with van der Waals surface area (Å²) < 4.78 is 5.52. The molecule has 3 heterocycles. The molecule has 0 saturated carbocycles. The van der Waals surface area contributed by atoms with E-state index >= 15 is 0 Å². The second kappa shape index (κ2) is 11.2. The van der Waals surface area contributed by atoms with E-state index in [0.717, 1.165) is 67.9 Å². The van der Waals surface area contributed by atoms with Gasteiger partial charge in [0.1, 0.15) is 11.6 Å². The number of methoxy groups -OCH3 is 1. The van der Waals surface area contributed by atoms with E-state index in [2.05, 4.69) is 48.8 Å². The lowest BCUT2D eigenvalue weighted by atomic mass is 10.1. The standard InChI is InChI=1S/C21H26N6O.2ClH/c1-3-16-5-6-19(28-2)18(13-16)20-24-14-17(25-20)15-26-9-11-27(12-10-26)21-22-7-4-8-23-21;;/h4-8,13-14H,3,9-12,15H2,1-2H3,(H,24,25);2*1H. The molecule has 1 N–H and O–H groups in total. The minimum Gasteiger partial charge on any atom is -0.496 e. The van der Waals surface area contributed by atoms with Crippen molar-refractivity contribution in [2.75, 3.05) is 38.2 Å². The van der Waals surface area contributed by atoms with Crippen LogP contribution in [0, 0.1) is 0 Å². The van der Waals surface area contributed by atoms with Crippen molar-refractivity contribution < 1.29 is 4.74 Å². The van der Waals surface area contributed by atoms with Gasteiger partial charge in [0.2, 0.25) is 5.95 Å². The fourth-order valence-electron chi connectivity index (χ4n) is 3.54. The van der Waals surface area contributed by atoms with Crippen LogP contribution in [0.25, 0.3) is 11.4 Å². The van der Waals surface area contributed by atoms with Crippen molar-refractivity contribution in [1.29, 1.82) is 0 Å². The van der Waals surface area contributed by atoms with Crippen LogP contribution >= 0.6 is 24.8 Å². The molecule has 0 bridgehead atoms. The normalized spacial score (nSPS) is 14.0. The third-order valence-electron chi connectivity index (χ3n) is 5.16. The number of halogens is 2. The van der Waals surface area contributed by atoms with Crippen LogP contribution in [0.15, 0.2) is 42.9 Å². The molecule has 1 aliphatic heterocycles. The number of anilines is 1. The summed E-state index contributed by atoms with van der Waals surface area (Å²) in [4.78, 5) is 21.4. The third kappa shape index (κ3) is 5.41. The number of H-pyrrole nitrogens is 1. The van der Waals surface area contributed by atoms with Crippen molar-refractivity contribution in [2.45, 2.75) is 19.9 Å². The second-order valence-corrected chi connectivity index (χ2v) is 6.96. The molecule has 1 fully saturated rings. The molecule has 3 aromatic rings. The summed E-state index contributed by atoms with van der Waals surface area (Å²) in [6.45, 7) is 6.81. The van der Waals surface area contributed by atoms with Crippen molar-refractivity contribution in [3.63, 3.8) is 0 Å². The Morgan fingerprint density at radius 1 is 1.03 bits per heavy atom. The Bertz CT molecular complexity index is 913.